The van der Waals surface area contributed by atoms with Gasteiger partial charge in [0.15, 0.2) is 0 Å². The van der Waals surface area contributed by atoms with Gasteiger partial charge in [-0.3, -0.25) is 0 Å². The molecule has 0 fully saturated rings. The molecule has 0 heterocycles. The number of methoxy groups -OCH3 is 3. The zero-order chi connectivity index (χ0) is 25.0. The number of ether oxygens (including phenoxy) is 3. The van der Waals surface area contributed by atoms with Crippen LogP contribution in [0.15, 0.2) is 103 Å². The largest absolute Gasteiger partial charge is 0.0622 e. The maximum atomic E-state index is 5.84. The van der Waals surface area contributed by atoms with Gasteiger partial charge < -0.3 is 0 Å². The Morgan fingerprint density at radius 1 is 0.571 bits per heavy atom. The SMILES string of the molecule is COc1cc(OC)c(OC)cc1[CH]=[Ru]([Cl])[Cl].c1ccc(P(c2ccccc2)c2ccccc2)cc1. The second kappa shape index (κ2) is 14.4. The van der Waals surface area contributed by atoms with Crippen molar-refractivity contribution in [2.24, 2.45) is 0 Å². The van der Waals surface area contributed by atoms with Gasteiger partial charge in [-0.1, -0.05) is 91.0 Å². The monoisotopic (exact) mass is 614 g/mol. The van der Waals surface area contributed by atoms with E-state index in [1.807, 2.05) is 0 Å². The van der Waals surface area contributed by atoms with Crippen molar-refractivity contribution >= 4 is 47.8 Å². The van der Waals surface area contributed by atoms with Crippen molar-refractivity contribution in [3.8, 4) is 17.2 Å². The maximum absolute atomic E-state index is 5.84. The molecule has 0 spiro atoms. The summed E-state index contributed by atoms with van der Waals surface area (Å²) in [7, 11) is 16.0. The Kier molecular flexibility index (Phi) is 11.2. The molecule has 7 heteroatoms. The van der Waals surface area contributed by atoms with Gasteiger partial charge in [-0.25, -0.2) is 0 Å². The van der Waals surface area contributed by atoms with E-state index in [0.717, 1.165) is 5.56 Å². The van der Waals surface area contributed by atoms with E-state index in [1.54, 1.807) is 38.1 Å². The molecule has 0 unspecified atom stereocenters. The molecule has 0 aliphatic heterocycles. The topological polar surface area (TPSA) is 27.7 Å². The molecule has 4 rings (SSSR count). The van der Waals surface area contributed by atoms with E-state index in [0.29, 0.717) is 17.2 Å². The van der Waals surface area contributed by atoms with E-state index in [2.05, 4.69) is 91.0 Å². The van der Waals surface area contributed by atoms with Gasteiger partial charge in [-0.05, 0) is 23.8 Å². The van der Waals surface area contributed by atoms with Crippen molar-refractivity contribution in [2.75, 3.05) is 21.3 Å². The van der Waals surface area contributed by atoms with Crippen LogP contribution >= 0.6 is 27.3 Å². The second-order valence-corrected chi connectivity index (χ2v) is 15.0. The first kappa shape index (κ1) is 27.4. The molecule has 4 aromatic rings. The third-order valence-corrected chi connectivity index (χ3v) is 9.24. The van der Waals surface area contributed by atoms with Gasteiger partial charge in [-0.2, -0.15) is 0 Å². The second-order valence-electron chi connectivity index (χ2n) is 7.10. The zero-order valence-corrected chi connectivity index (χ0v) is 23.8. The van der Waals surface area contributed by atoms with Crippen LogP contribution in [0.25, 0.3) is 0 Å². The van der Waals surface area contributed by atoms with Crippen molar-refractivity contribution in [1.29, 1.82) is 0 Å². The number of rotatable bonds is 7. The summed E-state index contributed by atoms with van der Waals surface area (Å²) in [6.07, 6.45) is 0. The normalized spacial score (nSPS) is 10.6. The van der Waals surface area contributed by atoms with Crippen LogP contribution in [-0.2, 0) is 13.5 Å². The Labute approximate surface area is 221 Å². The molecule has 184 valence electrons. The molecule has 0 aliphatic carbocycles. The first-order valence-corrected chi connectivity index (χ1v) is 17.5. The molecule has 0 saturated carbocycles. The molecule has 0 aliphatic rings. The summed E-state index contributed by atoms with van der Waals surface area (Å²) in [6.45, 7) is 0. The standard InChI is InChI=1S/C18H15P.C10H12O3.2ClH.Ru/c1-4-10-16(11-5-1)19(17-12-6-2-7-13-17)18-14-8-3-9-15-18;1-7-5-9(12-3)10(13-4)6-8(7)11-2;;;/h1-15H;1,5-6H,2-4H3;2*1H;/q;;;;+2/p-2. The average Bonchev–Trinajstić information content (AvgIpc) is 2.90. The summed E-state index contributed by atoms with van der Waals surface area (Å²) in [4.78, 5) is 0. The molecular weight excluding hydrogens is 587 g/mol. The van der Waals surface area contributed by atoms with E-state index in [9.17, 15) is 0 Å². The molecule has 3 nitrogen and oxygen atoms in total. The minimum absolute atomic E-state index is 0.446. The van der Waals surface area contributed by atoms with Gasteiger partial charge in [0.05, 0.1) is 0 Å². The Morgan fingerprint density at radius 2 is 0.943 bits per heavy atom. The van der Waals surface area contributed by atoms with Crippen LogP contribution in [0.2, 0.25) is 0 Å². The molecule has 0 aromatic heterocycles. The Balaban J connectivity index is 0.000000199. The summed E-state index contributed by atoms with van der Waals surface area (Å²) < 4.78 is 17.4. The van der Waals surface area contributed by atoms with E-state index in [4.69, 9.17) is 33.6 Å². The summed E-state index contributed by atoms with van der Waals surface area (Å²) >= 11 is -1.89. The van der Waals surface area contributed by atoms with Crippen LogP contribution in [0.4, 0.5) is 0 Å². The van der Waals surface area contributed by atoms with E-state index >= 15 is 0 Å². The fourth-order valence-corrected chi connectivity index (χ4v) is 7.48. The fraction of sp³-hybridized carbons (Fsp3) is 0.107. The molecule has 0 bridgehead atoms. The maximum Gasteiger partial charge on any atom is -0.0134 e. The number of hydrogen-bond acceptors (Lipinski definition) is 3. The summed E-state index contributed by atoms with van der Waals surface area (Å²) in [5.41, 5.74) is 0.823. The van der Waals surface area contributed by atoms with Crippen LogP contribution in [-0.4, -0.2) is 25.9 Å². The van der Waals surface area contributed by atoms with Gasteiger partial charge in [0.2, 0.25) is 0 Å². The van der Waals surface area contributed by atoms with Gasteiger partial charge in [-0.15, -0.1) is 0 Å². The smallest absolute Gasteiger partial charge is 0.0134 e. The number of benzene rings is 4. The molecule has 0 N–H and O–H groups in total. The Hall–Kier alpha value is -2.22. The molecule has 4 aromatic carbocycles. The summed E-state index contributed by atoms with van der Waals surface area (Å²) in [6, 6.07) is 35.9. The first-order valence-electron chi connectivity index (χ1n) is 10.7. The molecule has 0 radical (unpaired) electrons. The Morgan fingerprint density at radius 3 is 1.29 bits per heavy atom. The third-order valence-electron chi connectivity index (χ3n) is 4.97. The predicted octanol–water partition coefficient (Wildman–Crippen LogP) is 6.23. The van der Waals surface area contributed by atoms with Crippen molar-refractivity contribution in [2.45, 2.75) is 0 Å². The summed E-state index contributed by atoms with van der Waals surface area (Å²) in [5, 5.41) is 4.19. The minimum Gasteiger partial charge on any atom is -0.0622 e. The zero-order valence-electron chi connectivity index (χ0n) is 19.7. The van der Waals surface area contributed by atoms with E-state index < -0.39 is 21.4 Å². The van der Waals surface area contributed by atoms with Crippen LogP contribution < -0.4 is 30.1 Å². The van der Waals surface area contributed by atoms with Gasteiger partial charge in [0.25, 0.3) is 0 Å². The average molecular weight is 614 g/mol. The quantitative estimate of drug-likeness (QED) is 0.183. The summed E-state index contributed by atoms with van der Waals surface area (Å²) in [5.74, 6) is 1.90. The first-order chi connectivity index (χ1) is 17.1. The third kappa shape index (κ3) is 7.89. The van der Waals surface area contributed by atoms with Crippen LogP contribution in [0.1, 0.15) is 5.56 Å². The fourth-order valence-electron chi connectivity index (χ4n) is 3.39. The van der Waals surface area contributed by atoms with Crippen LogP contribution in [0.3, 0.4) is 0 Å². The number of halogens is 2. The molecule has 0 atom stereocenters. The molecule has 35 heavy (non-hydrogen) atoms. The van der Waals surface area contributed by atoms with E-state index in [1.165, 1.54) is 15.9 Å². The Bertz CT molecular complexity index is 1130. The van der Waals surface area contributed by atoms with E-state index in [-0.39, 0.29) is 0 Å². The number of hydrogen-bond donors (Lipinski definition) is 0. The van der Waals surface area contributed by atoms with Gasteiger partial charge >= 0.3 is 108 Å². The molecule has 0 saturated heterocycles. The van der Waals surface area contributed by atoms with Crippen LogP contribution in [0, 0.1) is 0 Å². The van der Waals surface area contributed by atoms with Crippen molar-refractivity contribution in [3.05, 3.63) is 109 Å². The molecular formula is C28H27Cl2O3PRu. The van der Waals surface area contributed by atoms with Gasteiger partial charge in [0.1, 0.15) is 0 Å². The van der Waals surface area contributed by atoms with Crippen LogP contribution in [0.5, 0.6) is 17.2 Å². The minimum atomic E-state index is -1.89. The van der Waals surface area contributed by atoms with Crippen molar-refractivity contribution in [3.63, 3.8) is 0 Å². The predicted molar refractivity (Wildman–Crippen MR) is 148 cm³/mol. The van der Waals surface area contributed by atoms with Gasteiger partial charge in [0, 0.05) is 0 Å². The molecule has 0 amide bonds. The van der Waals surface area contributed by atoms with Crippen molar-refractivity contribution < 1.29 is 27.7 Å². The van der Waals surface area contributed by atoms with Crippen molar-refractivity contribution in [1.82, 2.24) is 0 Å².